The number of phosphoric acid groups is 3. The molecule has 292 valence electrons. The van der Waals surface area contributed by atoms with Gasteiger partial charge in [0.25, 0.3) is 0 Å². The van der Waals surface area contributed by atoms with E-state index in [9.17, 15) is 49.4 Å². The number of ether oxygens (including phenoxy) is 2. The first-order valence-corrected chi connectivity index (χ1v) is 19.2. The minimum absolute atomic E-state index is 0.0292. The predicted octanol–water partition coefficient (Wildman–Crippen LogP) is -3.25. The highest BCUT2D eigenvalue weighted by Gasteiger charge is 2.58. The van der Waals surface area contributed by atoms with Gasteiger partial charge in [-0.2, -0.15) is 24.1 Å². The summed E-state index contributed by atoms with van der Waals surface area (Å²) >= 11 is 0. The smallest absolute Gasteiger partial charge is 0.394 e. The largest absolute Gasteiger partial charge is 0.490 e. The Kier molecular flexibility index (Phi) is 11.4. The van der Waals surface area contributed by atoms with Crippen molar-refractivity contribution < 1.29 is 81.4 Å². The number of aliphatic hydroxyl groups is 5. The lowest BCUT2D eigenvalue weighted by Gasteiger charge is -2.26. The van der Waals surface area contributed by atoms with Crippen molar-refractivity contribution in [2.45, 2.75) is 47.8 Å². The Hall–Kier alpha value is -3.98. The van der Waals surface area contributed by atoms with Crippen LogP contribution in [0.4, 0.5) is 11.6 Å². The van der Waals surface area contributed by atoms with Gasteiger partial charge in [0.2, 0.25) is 5.60 Å². The first kappa shape index (κ1) is 41.2. The number of nitrogens with zero attached hydrogens (tertiary/aromatic N) is 7. The second kappa shape index (κ2) is 14.9. The molecule has 54 heavy (non-hydrogen) atoms. The van der Waals surface area contributed by atoms with Gasteiger partial charge >= 0.3 is 23.5 Å². The van der Waals surface area contributed by atoms with Crippen LogP contribution in [0.15, 0.2) is 36.9 Å². The number of hydrogen-bond donors (Lipinski definition) is 11. The number of hydrogen-bond acceptors (Lipinski definition) is 20. The van der Waals surface area contributed by atoms with E-state index in [-0.39, 0.29) is 22.8 Å². The topological polar surface area (TPSA) is 416 Å². The molecular formula is C25H30N9O17P3. The van der Waals surface area contributed by atoms with Gasteiger partial charge in [-0.15, -0.1) is 6.42 Å². The molecule has 4 aromatic heterocycles. The van der Waals surface area contributed by atoms with Crippen molar-refractivity contribution in [1.29, 1.82) is 5.26 Å². The average molecular weight is 821 g/mol. The van der Waals surface area contributed by atoms with Crippen LogP contribution in [-0.2, 0) is 47.5 Å². The van der Waals surface area contributed by atoms with E-state index in [1.165, 1.54) is 23.0 Å². The van der Waals surface area contributed by atoms with Gasteiger partial charge in [-0.3, -0.25) is 4.52 Å². The minimum atomic E-state index is -5.76. The van der Waals surface area contributed by atoms with Crippen molar-refractivity contribution in [1.82, 2.24) is 29.2 Å². The Labute approximate surface area is 301 Å². The summed E-state index contributed by atoms with van der Waals surface area (Å²) in [5.41, 5.74) is 8.57. The molecule has 0 radical (unpaired) electrons. The van der Waals surface area contributed by atoms with Crippen LogP contribution in [0.5, 0.6) is 0 Å². The monoisotopic (exact) mass is 821 g/mol. The number of nitrogen functional groups attached to an aromatic ring is 2. The van der Waals surface area contributed by atoms with Crippen LogP contribution in [0.2, 0.25) is 0 Å². The average Bonchev–Trinajstić information content (AvgIpc) is 3.84. The highest BCUT2D eigenvalue weighted by molar-refractivity contribution is 7.66. The molecule has 2 saturated heterocycles. The number of aliphatic hydroxyl groups excluding tert-OH is 5. The second-order valence-corrected chi connectivity index (χ2v) is 15.7. The maximum absolute atomic E-state index is 11.9. The Morgan fingerprint density at radius 2 is 1.30 bits per heavy atom. The lowest BCUT2D eigenvalue weighted by molar-refractivity contribution is -0.0634. The molecule has 2 unspecified atom stereocenters. The molecule has 6 heterocycles. The third-order valence-electron chi connectivity index (χ3n) is 8.02. The van der Waals surface area contributed by atoms with Crippen LogP contribution < -0.4 is 11.5 Å². The molecule has 29 heteroatoms. The molecule has 6 rings (SSSR count). The number of phosphoric ester groups is 1. The maximum atomic E-state index is 11.9. The molecule has 2 aliphatic rings. The zero-order chi connectivity index (χ0) is 40.0. The van der Waals surface area contributed by atoms with Crippen LogP contribution in [0.25, 0.3) is 11.0 Å². The highest BCUT2D eigenvalue weighted by atomic mass is 31.3. The number of nitriles is 1. The molecule has 4 aromatic rings. The van der Waals surface area contributed by atoms with E-state index < -0.39 is 84.5 Å². The Morgan fingerprint density at radius 3 is 1.76 bits per heavy atom. The third-order valence-corrected chi connectivity index (χ3v) is 11.8. The van der Waals surface area contributed by atoms with Gasteiger partial charge in [-0.05, 0) is 24.3 Å². The number of rotatable bonds is 10. The standard InChI is InChI=1S/C13H14N4O4.C12H16N5O13P3/c1-2-13(11(20)10(19)8(5-18)21-13)9-4-3-7-12(14)15-6-16-17(7)9;13-4-12(8-2-1-6-11(14)15-5-16-17(6)8)10(19)9(18)7(28-12)3-27-32(23,24)30-33(25,26)29-31(20,21)22/h1,3-4,6,8,10-11,18-20H,5H2,(H2,14,15,16);1-2,5,7,9-10,18-19H,3H2,(H,23,24)(H,25,26)(H2,14,15,16)(H2,20,21,22)/t8-,10-,11-,13+;7-,9-,10-,12+/m11/s1. The van der Waals surface area contributed by atoms with Crippen LogP contribution >= 0.6 is 23.5 Å². The second-order valence-electron chi connectivity index (χ2n) is 11.3. The molecular weight excluding hydrogens is 791 g/mol. The quantitative estimate of drug-likeness (QED) is 0.0552. The van der Waals surface area contributed by atoms with Gasteiger partial charge in [0.1, 0.15) is 66.4 Å². The van der Waals surface area contributed by atoms with Gasteiger partial charge in [0, 0.05) is 0 Å². The first-order chi connectivity index (χ1) is 25.2. The summed E-state index contributed by atoms with van der Waals surface area (Å²) in [5, 5.41) is 68.0. The van der Waals surface area contributed by atoms with Crippen LogP contribution in [-0.4, -0.2) is 124 Å². The number of fused-ring (bicyclic) bond motifs is 2. The fourth-order valence-electron chi connectivity index (χ4n) is 5.63. The summed E-state index contributed by atoms with van der Waals surface area (Å²) in [5.74, 6) is 2.65. The van der Waals surface area contributed by atoms with Crippen molar-refractivity contribution in [3.63, 3.8) is 0 Å². The van der Waals surface area contributed by atoms with Gasteiger partial charge in [-0.1, -0.05) is 5.92 Å². The number of terminal acetylenes is 1. The molecule has 0 aliphatic carbocycles. The molecule has 2 fully saturated rings. The molecule has 0 spiro atoms. The molecule has 0 saturated carbocycles. The van der Waals surface area contributed by atoms with E-state index in [2.05, 4.69) is 39.2 Å². The lowest BCUT2D eigenvalue weighted by Crippen LogP contribution is -2.41. The molecule has 10 atom stereocenters. The minimum Gasteiger partial charge on any atom is -0.394 e. The van der Waals surface area contributed by atoms with Gasteiger partial charge in [-0.25, -0.2) is 32.7 Å². The molecule has 2 aliphatic heterocycles. The lowest BCUT2D eigenvalue weighted by atomic mass is 9.92. The highest BCUT2D eigenvalue weighted by Crippen LogP contribution is 2.66. The Balaban J connectivity index is 0.000000228. The molecule has 13 N–H and O–H groups in total. The fourth-order valence-corrected chi connectivity index (χ4v) is 8.66. The van der Waals surface area contributed by atoms with E-state index in [1.54, 1.807) is 18.2 Å². The summed E-state index contributed by atoms with van der Waals surface area (Å²) in [4.78, 5) is 43.4. The number of aromatic nitrogens is 6. The molecule has 26 nitrogen and oxygen atoms in total. The van der Waals surface area contributed by atoms with Crippen molar-refractivity contribution in [2.75, 3.05) is 24.7 Å². The van der Waals surface area contributed by atoms with Crippen molar-refractivity contribution in [2.24, 2.45) is 0 Å². The SMILES string of the molecule is C#C[C@@]1(c2ccc3c(N)ncnn23)O[C@H](CO)[C@@H](O)[C@H]1O.N#C[C@@]1(c2ccc3c(N)ncnn23)O[C@H](COP(=O)(O)OP(=O)(O)OP(=O)(O)O)[C@@H](O)[C@H]1O. The summed E-state index contributed by atoms with van der Waals surface area (Å²) < 4.78 is 59.0. The molecule has 0 amide bonds. The van der Waals surface area contributed by atoms with Gasteiger partial charge in [0.15, 0.2) is 17.2 Å². The van der Waals surface area contributed by atoms with Crippen LogP contribution in [0, 0.1) is 23.7 Å². The summed E-state index contributed by atoms with van der Waals surface area (Å²) in [6.07, 6.45) is -1.35. The zero-order valence-corrected chi connectivity index (χ0v) is 29.5. The predicted molar refractivity (Wildman–Crippen MR) is 173 cm³/mol. The van der Waals surface area contributed by atoms with E-state index in [1.807, 2.05) is 0 Å². The number of nitrogens with two attached hydrogens (primary N) is 2. The number of anilines is 2. The van der Waals surface area contributed by atoms with Crippen LogP contribution in [0.1, 0.15) is 11.4 Å². The van der Waals surface area contributed by atoms with Crippen molar-refractivity contribution >= 4 is 46.1 Å². The van der Waals surface area contributed by atoms with Crippen molar-refractivity contribution in [3.05, 3.63) is 48.3 Å². The normalized spacial score (nSPS) is 30.6. The Morgan fingerprint density at radius 1 is 0.815 bits per heavy atom. The third kappa shape index (κ3) is 7.62. The van der Waals surface area contributed by atoms with E-state index >= 15 is 0 Å². The summed E-state index contributed by atoms with van der Waals surface area (Å²) in [6.45, 7) is -1.56. The maximum Gasteiger partial charge on any atom is 0.490 e. The fraction of sp³-hybridized carbons (Fsp3) is 0.400. The summed E-state index contributed by atoms with van der Waals surface area (Å²) in [7, 11) is -16.9. The van der Waals surface area contributed by atoms with E-state index in [0.717, 1.165) is 10.8 Å². The Bertz CT molecular complexity index is 2270. The summed E-state index contributed by atoms with van der Waals surface area (Å²) in [6, 6.07) is 7.65. The van der Waals surface area contributed by atoms with E-state index in [0.29, 0.717) is 11.2 Å². The molecule has 0 bridgehead atoms. The van der Waals surface area contributed by atoms with Gasteiger partial charge < -0.3 is 66.0 Å². The first-order valence-electron chi connectivity index (χ1n) is 14.7. The van der Waals surface area contributed by atoms with Crippen molar-refractivity contribution in [3.8, 4) is 18.4 Å². The van der Waals surface area contributed by atoms with E-state index in [4.69, 9.17) is 42.0 Å². The van der Waals surface area contributed by atoms with Crippen LogP contribution in [0.3, 0.4) is 0 Å². The zero-order valence-electron chi connectivity index (χ0n) is 26.8. The van der Waals surface area contributed by atoms with Gasteiger partial charge in [0.05, 0.1) is 24.6 Å². The molecule has 0 aromatic carbocycles.